The van der Waals surface area contributed by atoms with Crippen molar-refractivity contribution in [1.29, 1.82) is 0 Å². The largest absolute Gasteiger partial charge is 0.497 e. The number of nitrogens with zero attached hydrogens (tertiary/aromatic N) is 3. The van der Waals surface area contributed by atoms with E-state index in [4.69, 9.17) is 9.72 Å². The van der Waals surface area contributed by atoms with Gasteiger partial charge in [-0.25, -0.2) is 9.97 Å². The Morgan fingerprint density at radius 1 is 1.24 bits per heavy atom. The number of aromatic nitrogens is 3. The summed E-state index contributed by atoms with van der Waals surface area (Å²) >= 11 is 0. The first kappa shape index (κ1) is 20.9. The van der Waals surface area contributed by atoms with Crippen molar-refractivity contribution in [3.63, 3.8) is 0 Å². The van der Waals surface area contributed by atoms with Crippen LogP contribution in [0.4, 0.5) is 0 Å². The number of H-pyrrole nitrogens is 1. The van der Waals surface area contributed by atoms with Gasteiger partial charge >= 0.3 is 0 Å². The van der Waals surface area contributed by atoms with Gasteiger partial charge in [0.05, 0.1) is 24.1 Å². The summed E-state index contributed by atoms with van der Waals surface area (Å²) in [5, 5.41) is 3.04. The van der Waals surface area contributed by atoms with E-state index in [1.807, 2.05) is 41.3 Å². The number of likely N-dealkylation sites (tertiary alicyclic amines) is 1. The number of carbonyl (C=O) groups is 2. The van der Waals surface area contributed by atoms with Crippen molar-refractivity contribution in [2.75, 3.05) is 26.7 Å². The Balaban J connectivity index is 1.49. The monoisotopic (exact) mass is 443 g/mol. The van der Waals surface area contributed by atoms with Crippen molar-refractivity contribution in [2.24, 2.45) is 0 Å². The van der Waals surface area contributed by atoms with E-state index in [1.54, 1.807) is 13.3 Å². The van der Waals surface area contributed by atoms with E-state index in [1.165, 1.54) is 6.08 Å². The molecule has 1 fully saturated rings. The Labute approximate surface area is 191 Å². The van der Waals surface area contributed by atoms with E-state index in [0.29, 0.717) is 36.7 Å². The van der Waals surface area contributed by atoms with Crippen LogP contribution >= 0.6 is 0 Å². The van der Waals surface area contributed by atoms with Gasteiger partial charge in [0.15, 0.2) is 5.82 Å². The Hall–Kier alpha value is -3.94. The second-order valence-corrected chi connectivity index (χ2v) is 8.46. The number of ether oxygens (including phenoxy) is 1. The van der Waals surface area contributed by atoms with Crippen LogP contribution in [0.15, 0.2) is 55.3 Å². The van der Waals surface area contributed by atoms with Gasteiger partial charge in [0.25, 0.3) is 5.91 Å². The second-order valence-electron chi connectivity index (χ2n) is 8.46. The number of amides is 2. The maximum atomic E-state index is 12.7. The van der Waals surface area contributed by atoms with Crippen LogP contribution in [0.3, 0.4) is 0 Å². The van der Waals surface area contributed by atoms with Crippen LogP contribution in [0.2, 0.25) is 0 Å². The minimum Gasteiger partial charge on any atom is -0.497 e. The maximum absolute atomic E-state index is 12.7. The SMILES string of the molecule is C=CC(=O)N1CCC2(CC1)CNC(=O)c1cc(-c3ccnc(-c4cccc(OC)c4)n3)[nH]c12. The Morgan fingerprint density at radius 3 is 2.82 bits per heavy atom. The summed E-state index contributed by atoms with van der Waals surface area (Å²) in [7, 11) is 1.62. The van der Waals surface area contributed by atoms with Crippen molar-refractivity contribution < 1.29 is 14.3 Å². The summed E-state index contributed by atoms with van der Waals surface area (Å²) in [6.45, 7) is 5.39. The highest BCUT2D eigenvalue weighted by Gasteiger charge is 2.44. The van der Waals surface area contributed by atoms with E-state index < -0.39 is 0 Å². The molecule has 4 heterocycles. The molecule has 2 aliphatic heterocycles. The standard InChI is InChI=1S/C25H25N5O3/c1-3-21(31)30-11-8-25(9-12-30)15-27-24(32)18-14-20(28-22(18)25)19-7-10-26-23(29-19)16-5-4-6-17(13-16)33-2/h3-7,10,13-14,28H,1,8-9,11-12,15H2,2H3,(H,27,32). The number of hydrogen-bond acceptors (Lipinski definition) is 5. The zero-order valence-electron chi connectivity index (χ0n) is 18.4. The molecule has 0 aliphatic carbocycles. The van der Waals surface area contributed by atoms with Gasteiger partial charge in [-0.15, -0.1) is 0 Å². The van der Waals surface area contributed by atoms with Gasteiger partial charge in [0.2, 0.25) is 5.91 Å². The summed E-state index contributed by atoms with van der Waals surface area (Å²) in [6, 6.07) is 11.3. The van der Waals surface area contributed by atoms with Crippen molar-refractivity contribution in [3.05, 3.63) is 66.5 Å². The molecule has 0 atom stereocenters. The molecule has 8 heteroatoms. The first-order valence-electron chi connectivity index (χ1n) is 10.9. The van der Waals surface area contributed by atoms with Gasteiger partial charge in [-0.05, 0) is 43.2 Å². The van der Waals surface area contributed by atoms with E-state index in [9.17, 15) is 9.59 Å². The van der Waals surface area contributed by atoms with Gasteiger partial charge in [-0.3, -0.25) is 9.59 Å². The summed E-state index contributed by atoms with van der Waals surface area (Å²) in [5.41, 5.74) is 3.66. The molecule has 0 radical (unpaired) electrons. The number of piperidine rings is 1. The Bertz CT molecular complexity index is 1240. The normalized spacial score (nSPS) is 16.8. The van der Waals surface area contributed by atoms with Crippen LogP contribution in [-0.2, 0) is 10.2 Å². The molecule has 8 nitrogen and oxygen atoms in total. The molecule has 1 aromatic carbocycles. The summed E-state index contributed by atoms with van der Waals surface area (Å²) in [5.74, 6) is 1.17. The lowest BCUT2D eigenvalue weighted by molar-refractivity contribution is -0.127. The number of carbonyl (C=O) groups excluding carboxylic acids is 2. The Morgan fingerprint density at radius 2 is 2.06 bits per heavy atom. The molecule has 0 saturated carbocycles. The number of fused-ring (bicyclic) bond motifs is 2. The van der Waals surface area contributed by atoms with E-state index in [-0.39, 0.29) is 17.2 Å². The van der Waals surface area contributed by atoms with Crippen molar-refractivity contribution in [1.82, 2.24) is 25.2 Å². The number of rotatable bonds is 4. The molecule has 0 unspecified atom stereocenters. The predicted octanol–water partition coefficient (Wildman–Crippen LogP) is 2.94. The van der Waals surface area contributed by atoms with E-state index in [2.05, 4.69) is 21.9 Å². The molecule has 168 valence electrons. The zero-order valence-corrected chi connectivity index (χ0v) is 18.4. The van der Waals surface area contributed by atoms with Gasteiger partial charge in [0, 0.05) is 42.5 Å². The summed E-state index contributed by atoms with van der Waals surface area (Å²) in [6.07, 6.45) is 4.59. The minimum absolute atomic E-state index is 0.0526. The van der Waals surface area contributed by atoms with E-state index in [0.717, 1.165) is 35.5 Å². The first-order valence-corrected chi connectivity index (χ1v) is 10.9. The van der Waals surface area contributed by atoms with Crippen molar-refractivity contribution >= 4 is 11.8 Å². The van der Waals surface area contributed by atoms with Gasteiger partial charge < -0.3 is 19.9 Å². The van der Waals surface area contributed by atoms with E-state index >= 15 is 0 Å². The molecule has 33 heavy (non-hydrogen) atoms. The molecule has 1 saturated heterocycles. The fourth-order valence-corrected chi connectivity index (χ4v) is 4.74. The third-order valence-electron chi connectivity index (χ3n) is 6.65. The van der Waals surface area contributed by atoms with Crippen LogP contribution in [0.5, 0.6) is 5.75 Å². The lowest BCUT2D eigenvalue weighted by atomic mass is 9.72. The molecule has 5 rings (SSSR count). The number of aromatic amines is 1. The first-order chi connectivity index (χ1) is 16.0. The lowest BCUT2D eigenvalue weighted by Crippen LogP contribution is -2.53. The second kappa shape index (κ2) is 8.20. The number of nitrogens with one attached hydrogen (secondary N) is 2. The van der Waals surface area contributed by atoms with Crippen LogP contribution in [0.1, 0.15) is 28.9 Å². The smallest absolute Gasteiger partial charge is 0.253 e. The predicted molar refractivity (Wildman–Crippen MR) is 124 cm³/mol. The summed E-state index contributed by atoms with van der Waals surface area (Å²) < 4.78 is 5.32. The molecular weight excluding hydrogens is 418 g/mol. The van der Waals surface area contributed by atoms with Crippen molar-refractivity contribution in [2.45, 2.75) is 18.3 Å². The lowest BCUT2D eigenvalue weighted by Gasteiger charge is -2.43. The Kier molecular flexibility index (Phi) is 5.20. The molecule has 2 amide bonds. The molecule has 2 aromatic heterocycles. The molecule has 1 spiro atoms. The quantitative estimate of drug-likeness (QED) is 0.604. The van der Waals surface area contributed by atoms with Crippen LogP contribution in [0, 0.1) is 0 Å². The molecule has 0 bridgehead atoms. The number of hydrogen-bond donors (Lipinski definition) is 2. The minimum atomic E-state index is -0.234. The van der Waals surface area contributed by atoms with Crippen molar-refractivity contribution in [3.8, 4) is 28.5 Å². The van der Waals surface area contributed by atoms with Crippen LogP contribution < -0.4 is 10.1 Å². The number of benzene rings is 1. The zero-order chi connectivity index (χ0) is 23.0. The molecule has 2 N–H and O–H groups in total. The molecule has 3 aromatic rings. The fourth-order valence-electron chi connectivity index (χ4n) is 4.74. The summed E-state index contributed by atoms with van der Waals surface area (Å²) in [4.78, 5) is 39.2. The van der Waals surface area contributed by atoms with Gasteiger partial charge in [-0.2, -0.15) is 0 Å². The maximum Gasteiger partial charge on any atom is 0.253 e. The third-order valence-corrected chi connectivity index (χ3v) is 6.65. The van der Waals surface area contributed by atoms with Crippen LogP contribution in [-0.4, -0.2) is 58.4 Å². The fraction of sp³-hybridized carbons (Fsp3) is 0.280. The van der Waals surface area contributed by atoms with Crippen LogP contribution in [0.25, 0.3) is 22.8 Å². The molecular formula is C25H25N5O3. The highest BCUT2D eigenvalue weighted by atomic mass is 16.5. The topological polar surface area (TPSA) is 100 Å². The average Bonchev–Trinajstić information content (AvgIpc) is 3.34. The number of methoxy groups -OCH3 is 1. The third kappa shape index (κ3) is 3.67. The van der Waals surface area contributed by atoms with Gasteiger partial charge in [-0.1, -0.05) is 18.7 Å². The highest BCUT2D eigenvalue weighted by molar-refractivity contribution is 5.98. The molecule has 2 aliphatic rings. The van der Waals surface area contributed by atoms with Gasteiger partial charge in [0.1, 0.15) is 5.75 Å². The highest BCUT2D eigenvalue weighted by Crippen LogP contribution is 2.40. The average molecular weight is 444 g/mol.